The molecular formula is C15H16FNO2S. The molecule has 0 spiro atoms. The van der Waals surface area contributed by atoms with Gasteiger partial charge in [0.1, 0.15) is 12.4 Å². The van der Waals surface area contributed by atoms with E-state index in [9.17, 15) is 9.18 Å². The van der Waals surface area contributed by atoms with Crippen LogP contribution < -0.4 is 0 Å². The van der Waals surface area contributed by atoms with Gasteiger partial charge < -0.3 is 10.0 Å². The van der Waals surface area contributed by atoms with E-state index in [1.54, 1.807) is 4.90 Å². The lowest BCUT2D eigenvalue weighted by Gasteiger charge is -2.20. The van der Waals surface area contributed by atoms with Crippen molar-refractivity contribution in [2.24, 2.45) is 0 Å². The Balaban J connectivity index is 2.28. The van der Waals surface area contributed by atoms with E-state index in [0.717, 1.165) is 24.5 Å². The van der Waals surface area contributed by atoms with Crippen molar-refractivity contribution in [3.63, 3.8) is 0 Å². The van der Waals surface area contributed by atoms with E-state index in [4.69, 9.17) is 5.11 Å². The maximum atomic E-state index is 13.3. The number of halogens is 1. The predicted octanol–water partition coefficient (Wildman–Crippen LogP) is 1.75. The van der Waals surface area contributed by atoms with Crippen LogP contribution in [0, 0.1) is 17.7 Å². The third kappa shape index (κ3) is 3.75. The van der Waals surface area contributed by atoms with Gasteiger partial charge in [0.25, 0.3) is 5.91 Å². The first-order valence-corrected chi connectivity index (χ1v) is 7.64. The van der Waals surface area contributed by atoms with Crippen molar-refractivity contribution in [3.8, 4) is 11.8 Å². The van der Waals surface area contributed by atoms with Crippen LogP contribution in [0.3, 0.4) is 0 Å². The summed E-state index contributed by atoms with van der Waals surface area (Å²) in [5.74, 6) is 6.54. The minimum Gasteiger partial charge on any atom is -0.384 e. The SMILES string of the molecule is O=C(c1ccc(F)cc1C#CCO)N1CCCSCC1. The normalized spacial score (nSPS) is 15.2. The molecule has 0 unspecified atom stereocenters. The minimum absolute atomic E-state index is 0.116. The van der Waals surface area contributed by atoms with Gasteiger partial charge in [-0.25, -0.2) is 4.39 Å². The summed E-state index contributed by atoms with van der Waals surface area (Å²) in [6.07, 6.45) is 0.968. The number of amides is 1. The molecule has 0 saturated carbocycles. The second-order valence-electron chi connectivity index (χ2n) is 4.41. The Hall–Kier alpha value is -1.51. The summed E-state index contributed by atoms with van der Waals surface area (Å²) < 4.78 is 13.3. The molecule has 1 fully saturated rings. The number of thioether (sulfide) groups is 1. The molecule has 1 aromatic rings. The quantitative estimate of drug-likeness (QED) is 0.802. The maximum absolute atomic E-state index is 13.3. The molecule has 0 atom stereocenters. The van der Waals surface area contributed by atoms with E-state index in [0.29, 0.717) is 17.7 Å². The van der Waals surface area contributed by atoms with Crippen molar-refractivity contribution < 1.29 is 14.3 Å². The van der Waals surface area contributed by atoms with Crippen LogP contribution in [0.4, 0.5) is 4.39 Å². The molecule has 3 nitrogen and oxygen atoms in total. The number of benzene rings is 1. The molecule has 1 aliphatic rings. The van der Waals surface area contributed by atoms with Gasteiger partial charge in [0.05, 0.1) is 5.56 Å². The molecule has 1 aliphatic heterocycles. The van der Waals surface area contributed by atoms with Crippen LogP contribution in [0.5, 0.6) is 0 Å². The topological polar surface area (TPSA) is 40.5 Å². The summed E-state index contributed by atoms with van der Waals surface area (Å²) in [7, 11) is 0. The molecule has 1 N–H and O–H groups in total. The number of aliphatic hydroxyl groups is 1. The third-order valence-electron chi connectivity index (χ3n) is 3.02. The van der Waals surface area contributed by atoms with Crippen molar-refractivity contribution in [1.29, 1.82) is 0 Å². The fourth-order valence-electron chi connectivity index (χ4n) is 2.06. The zero-order valence-electron chi connectivity index (χ0n) is 11.1. The average molecular weight is 293 g/mol. The summed E-state index contributed by atoms with van der Waals surface area (Å²) >= 11 is 1.84. The van der Waals surface area contributed by atoms with Crippen LogP contribution in [0.2, 0.25) is 0 Å². The number of nitrogens with zero attached hydrogens (tertiary/aromatic N) is 1. The van der Waals surface area contributed by atoms with Gasteiger partial charge in [-0.2, -0.15) is 11.8 Å². The van der Waals surface area contributed by atoms with Gasteiger partial charge in [-0.15, -0.1) is 0 Å². The summed E-state index contributed by atoms with van der Waals surface area (Å²) in [6.45, 7) is 1.11. The van der Waals surface area contributed by atoms with Crippen molar-refractivity contribution in [1.82, 2.24) is 4.90 Å². The molecule has 0 radical (unpaired) electrons. The Kier molecular flexibility index (Phi) is 5.45. The van der Waals surface area contributed by atoms with Gasteiger partial charge in [0.2, 0.25) is 0 Å². The van der Waals surface area contributed by atoms with Crippen LogP contribution in [0.25, 0.3) is 0 Å². The van der Waals surface area contributed by atoms with Gasteiger partial charge in [-0.3, -0.25) is 4.79 Å². The molecule has 0 aliphatic carbocycles. The lowest BCUT2D eigenvalue weighted by Crippen LogP contribution is -2.33. The van der Waals surface area contributed by atoms with E-state index >= 15 is 0 Å². The van der Waals surface area contributed by atoms with Crippen LogP contribution >= 0.6 is 11.8 Å². The van der Waals surface area contributed by atoms with Gasteiger partial charge in [0, 0.05) is 24.4 Å². The fourth-order valence-corrected chi connectivity index (χ4v) is 2.95. The second-order valence-corrected chi connectivity index (χ2v) is 5.63. The molecular weight excluding hydrogens is 277 g/mol. The molecule has 0 aromatic heterocycles. The van der Waals surface area contributed by atoms with Crippen LogP contribution in [-0.4, -0.2) is 47.1 Å². The fraction of sp³-hybridized carbons (Fsp3) is 0.400. The standard InChI is InChI=1S/C15H16FNO2S/c16-13-4-5-14(12(11-13)3-1-8-18)15(19)17-6-2-9-20-10-7-17/h4-5,11,18H,2,6-10H2. The number of carbonyl (C=O) groups is 1. The Bertz CT molecular complexity index is 543. The number of aliphatic hydroxyl groups excluding tert-OH is 1. The lowest BCUT2D eigenvalue weighted by molar-refractivity contribution is 0.0768. The zero-order valence-corrected chi connectivity index (χ0v) is 11.9. The first-order chi connectivity index (χ1) is 9.72. The second kappa shape index (κ2) is 7.32. The summed E-state index contributed by atoms with van der Waals surface area (Å²) in [6, 6.07) is 3.98. The van der Waals surface area contributed by atoms with Crippen molar-refractivity contribution in [3.05, 3.63) is 35.1 Å². The first-order valence-electron chi connectivity index (χ1n) is 6.48. The molecule has 106 valence electrons. The Morgan fingerprint density at radius 2 is 2.25 bits per heavy atom. The molecule has 1 amide bonds. The number of hydrogen-bond donors (Lipinski definition) is 1. The summed E-state index contributed by atoms with van der Waals surface area (Å²) in [5, 5.41) is 8.75. The molecule has 1 heterocycles. The predicted molar refractivity (Wildman–Crippen MR) is 78.2 cm³/mol. The van der Waals surface area contributed by atoms with Crippen LogP contribution in [0.15, 0.2) is 18.2 Å². The highest BCUT2D eigenvalue weighted by Gasteiger charge is 2.19. The molecule has 1 aromatic carbocycles. The van der Waals surface area contributed by atoms with E-state index in [1.807, 2.05) is 11.8 Å². The third-order valence-corrected chi connectivity index (χ3v) is 4.07. The number of carbonyl (C=O) groups excluding carboxylic acids is 1. The molecule has 2 rings (SSSR count). The van der Waals surface area contributed by atoms with Crippen molar-refractivity contribution in [2.75, 3.05) is 31.2 Å². The number of hydrogen-bond acceptors (Lipinski definition) is 3. The minimum atomic E-state index is -0.435. The Labute approximate surface area is 122 Å². The monoisotopic (exact) mass is 293 g/mol. The highest BCUT2D eigenvalue weighted by molar-refractivity contribution is 7.99. The van der Waals surface area contributed by atoms with Gasteiger partial charge >= 0.3 is 0 Å². The largest absolute Gasteiger partial charge is 0.384 e. The maximum Gasteiger partial charge on any atom is 0.255 e. The van der Waals surface area contributed by atoms with Crippen LogP contribution in [0.1, 0.15) is 22.3 Å². The van der Waals surface area contributed by atoms with Gasteiger partial charge in [0.15, 0.2) is 0 Å². The Morgan fingerprint density at radius 3 is 3.05 bits per heavy atom. The molecule has 0 bridgehead atoms. The highest BCUT2D eigenvalue weighted by atomic mass is 32.2. The molecule has 1 saturated heterocycles. The van der Waals surface area contributed by atoms with E-state index < -0.39 is 5.82 Å². The van der Waals surface area contributed by atoms with Crippen molar-refractivity contribution in [2.45, 2.75) is 6.42 Å². The highest BCUT2D eigenvalue weighted by Crippen LogP contribution is 2.16. The van der Waals surface area contributed by atoms with Crippen LogP contribution in [-0.2, 0) is 0 Å². The van der Waals surface area contributed by atoms with Gasteiger partial charge in [-0.1, -0.05) is 11.8 Å². The number of rotatable bonds is 1. The molecule has 5 heteroatoms. The average Bonchev–Trinajstić information content (AvgIpc) is 2.73. The Morgan fingerprint density at radius 1 is 1.40 bits per heavy atom. The van der Waals surface area contributed by atoms with E-state index in [1.165, 1.54) is 18.2 Å². The van der Waals surface area contributed by atoms with E-state index in [-0.39, 0.29) is 12.5 Å². The van der Waals surface area contributed by atoms with E-state index in [2.05, 4.69) is 11.8 Å². The van der Waals surface area contributed by atoms with Gasteiger partial charge in [-0.05, 0) is 30.4 Å². The smallest absolute Gasteiger partial charge is 0.255 e. The first kappa shape index (κ1) is 14.9. The summed E-state index contributed by atoms with van der Waals surface area (Å²) in [4.78, 5) is 14.3. The summed E-state index contributed by atoms with van der Waals surface area (Å²) in [5.41, 5.74) is 0.736. The van der Waals surface area contributed by atoms with Crippen molar-refractivity contribution >= 4 is 17.7 Å². The zero-order chi connectivity index (χ0) is 14.4. The molecule has 20 heavy (non-hydrogen) atoms. The lowest BCUT2D eigenvalue weighted by atomic mass is 10.1.